The fraction of sp³-hybridized carbons (Fsp3) is 0.0667. The molecule has 1 heterocycles. The molecule has 0 aliphatic carbocycles. The first kappa shape index (κ1) is 14.5. The van der Waals surface area contributed by atoms with Crippen LogP contribution in [0.15, 0.2) is 47.3 Å². The van der Waals surface area contributed by atoms with E-state index in [0.717, 1.165) is 6.08 Å². The van der Waals surface area contributed by atoms with Gasteiger partial charge in [-0.2, -0.15) is 0 Å². The van der Waals surface area contributed by atoms with E-state index in [2.05, 4.69) is 5.32 Å². The Balaban J connectivity index is 2.07. The molecule has 6 heteroatoms. The number of nitrogens with one attached hydrogen (secondary N) is 1. The zero-order valence-corrected chi connectivity index (χ0v) is 10.9. The normalized spacial score (nSPS) is 10.7. The predicted octanol–water partition coefficient (Wildman–Crippen LogP) is 2.45. The molecule has 2 rings (SSSR count). The number of hydrogen-bond donors (Lipinski definition) is 2. The third-order valence-corrected chi connectivity index (χ3v) is 2.71. The smallest absolute Gasteiger partial charge is 0.328 e. The van der Waals surface area contributed by atoms with Gasteiger partial charge in [0.25, 0.3) is 5.91 Å². The van der Waals surface area contributed by atoms with E-state index >= 15 is 0 Å². The highest BCUT2D eigenvalue weighted by Crippen LogP contribution is 2.12. The van der Waals surface area contributed by atoms with E-state index in [1.165, 1.54) is 42.9 Å². The SMILES string of the molecule is O=C(O)C=Cc1ccc(F)c(CNC(=O)c2ccoc2)c1. The minimum absolute atomic E-state index is 0.00933. The summed E-state index contributed by atoms with van der Waals surface area (Å²) in [5.41, 5.74) is 1.14. The molecule has 0 radical (unpaired) electrons. The number of halogens is 1. The number of carboxylic acid groups (broad SMARTS) is 1. The Morgan fingerprint density at radius 3 is 2.81 bits per heavy atom. The summed E-state index contributed by atoms with van der Waals surface area (Å²) in [7, 11) is 0. The number of furan rings is 1. The van der Waals surface area contributed by atoms with Crippen LogP contribution in [0.3, 0.4) is 0 Å². The van der Waals surface area contributed by atoms with Crippen molar-refractivity contribution in [2.24, 2.45) is 0 Å². The highest BCUT2D eigenvalue weighted by molar-refractivity contribution is 5.93. The molecule has 2 aromatic rings. The van der Waals surface area contributed by atoms with Gasteiger partial charge in [0.05, 0.1) is 11.8 Å². The molecule has 0 spiro atoms. The molecule has 5 nitrogen and oxygen atoms in total. The summed E-state index contributed by atoms with van der Waals surface area (Å²) in [6, 6.07) is 5.65. The minimum Gasteiger partial charge on any atom is -0.478 e. The van der Waals surface area contributed by atoms with Gasteiger partial charge in [-0.25, -0.2) is 9.18 Å². The first-order valence-electron chi connectivity index (χ1n) is 6.06. The maximum atomic E-state index is 13.7. The molecule has 0 aliphatic rings. The molecule has 1 aromatic carbocycles. The number of benzene rings is 1. The van der Waals surface area contributed by atoms with Gasteiger partial charge in [-0.15, -0.1) is 0 Å². The van der Waals surface area contributed by atoms with Gasteiger partial charge in [-0.3, -0.25) is 4.79 Å². The first-order valence-corrected chi connectivity index (χ1v) is 6.06. The maximum absolute atomic E-state index is 13.7. The van der Waals surface area contributed by atoms with Crippen LogP contribution in [-0.4, -0.2) is 17.0 Å². The lowest BCUT2D eigenvalue weighted by Gasteiger charge is -2.06. The maximum Gasteiger partial charge on any atom is 0.328 e. The largest absolute Gasteiger partial charge is 0.478 e. The summed E-state index contributed by atoms with van der Waals surface area (Å²) < 4.78 is 18.4. The summed E-state index contributed by atoms with van der Waals surface area (Å²) in [6.45, 7) is -0.00933. The van der Waals surface area contributed by atoms with E-state index in [4.69, 9.17) is 9.52 Å². The molecule has 0 unspecified atom stereocenters. The van der Waals surface area contributed by atoms with Crippen molar-refractivity contribution < 1.29 is 23.5 Å². The minimum atomic E-state index is -1.09. The number of carbonyl (C=O) groups is 2. The van der Waals surface area contributed by atoms with Crippen molar-refractivity contribution in [3.63, 3.8) is 0 Å². The Morgan fingerprint density at radius 2 is 2.14 bits per heavy atom. The van der Waals surface area contributed by atoms with Crippen molar-refractivity contribution in [3.05, 3.63) is 65.4 Å². The standard InChI is InChI=1S/C15H12FNO4/c16-13-3-1-10(2-4-14(18)19)7-12(13)8-17-15(20)11-5-6-21-9-11/h1-7,9H,8H2,(H,17,20)(H,18,19). The van der Waals surface area contributed by atoms with Crippen LogP contribution in [-0.2, 0) is 11.3 Å². The Hall–Kier alpha value is -2.89. The molecule has 21 heavy (non-hydrogen) atoms. The lowest BCUT2D eigenvalue weighted by atomic mass is 10.1. The second-order valence-electron chi connectivity index (χ2n) is 4.22. The van der Waals surface area contributed by atoms with Crippen molar-refractivity contribution in [1.82, 2.24) is 5.32 Å². The monoisotopic (exact) mass is 289 g/mol. The number of carboxylic acids is 1. The highest BCUT2D eigenvalue weighted by atomic mass is 19.1. The molecule has 1 aromatic heterocycles. The van der Waals surface area contributed by atoms with Crippen LogP contribution in [0.25, 0.3) is 6.08 Å². The van der Waals surface area contributed by atoms with E-state index in [9.17, 15) is 14.0 Å². The molecule has 0 atom stereocenters. The molecule has 2 N–H and O–H groups in total. The van der Waals surface area contributed by atoms with Crippen LogP contribution < -0.4 is 5.32 Å². The van der Waals surface area contributed by atoms with Crippen LogP contribution in [0.5, 0.6) is 0 Å². The Kier molecular flexibility index (Phi) is 4.50. The Labute approximate surface area is 119 Å². The van der Waals surface area contributed by atoms with Gasteiger partial charge < -0.3 is 14.8 Å². The summed E-state index contributed by atoms with van der Waals surface area (Å²) >= 11 is 0. The molecule has 0 saturated heterocycles. The van der Waals surface area contributed by atoms with Crippen LogP contribution in [0, 0.1) is 5.82 Å². The fourth-order valence-electron chi connectivity index (χ4n) is 1.67. The Bertz CT molecular complexity index is 677. The van der Waals surface area contributed by atoms with Crippen LogP contribution in [0.1, 0.15) is 21.5 Å². The molecule has 108 valence electrons. The highest BCUT2D eigenvalue weighted by Gasteiger charge is 2.08. The summed E-state index contributed by atoms with van der Waals surface area (Å²) in [6.07, 6.45) is 4.97. The zero-order chi connectivity index (χ0) is 15.2. The number of aliphatic carboxylic acids is 1. The number of carbonyl (C=O) groups excluding carboxylic acids is 1. The van der Waals surface area contributed by atoms with Crippen LogP contribution in [0.4, 0.5) is 4.39 Å². The van der Waals surface area contributed by atoms with E-state index < -0.39 is 11.8 Å². The van der Waals surface area contributed by atoms with Gasteiger partial charge in [0, 0.05) is 18.2 Å². The second kappa shape index (κ2) is 6.51. The van der Waals surface area contributed by atoms with E-state index in [-0.39, 0.29) is 18.0 Å². The third-order valence-electron chi connectivity index (χ3n) is 2.71. The van der Waals surface area contributed by atoms with Gasteiger partial charge in [0.1, 0.15) is 12.1 Å². The van der Waals surface area contributed by atoms with E-state index in [0.29, 0.717) is 11.1 Å². The average molecular weight is 289 g/mol. The molecule has 0 bridgehead atoms. The average Bonchev–Trinajstić information content (AvgIpc) is 2.98. The molecule has 1 amide bonds. The van der Waals surface area contributed by atoms with Crippen LogP contribution >= 0.6 is 0 Å². The topological polar surface area (TPSA) is 79.5 Å². The van der Waals surface area contributed by atoms with Gasteiger partial charge in [-0.05, 0) is 29.8 Å². The van der Waals surface area contributed by atoms with E-state index in [1.54, 1.807) is 0 Å². The van der Waals surface area contributed by atoms with Crippen molar-refractivity contribution in [2.75, 3.05) is 0 Å². The summed E-state index contributed by atoms with van der Waals surface area (Å²) in [4.78, 5) is 22.1. The van der Waals surface area contributed by atoms with E-state index in [1.807, 2.05) is 0 Å². The third kappa shape index (κ3) is 4.04. The fourth-order valence-corrected chi connectivity index (χ4v) is 1.67. The second-order valence-corrected chi connectivity index (χ2v) is 4.22. The number of hydrogen-bond acceptors (Lipinski definition) is 3. The first-order chi connectivity index (χ1) is 10.1. The van der Waals surface area contributed by atoms with Gasteiger partial charge in [0.15, 0.2) is 0 Å². The molecular formula is C15H12FNO4. The molecule has 0 aliphatic heterocycles. The van der Waals surface area contributed by atoms with Crippen molar-refractivity contribution in [2.45, 2.75) is 6.54 Å². The summed E-state index contributed by atoms with van der Waals surface area (Å²) in [5, 5.41) is 11.1. The molecular weight excluding hydrogens is 277 g/mol. The van der Waals surface area contributed by atoms with Gasteiger partial charge >= 0.3 is 5.97 Å². The van der Waals surface area contributed by atoms with Gasteiger partial charge in [0.2, 0.25) is 0 Å². The lowest BCUT2D eigenvalue weighted by Crippen LogP contribution is -2.22. The predicted molar refractivity (Wildman–Crippen MR) is 72.9 cm³/mol. The van der Waals surface area contributed by atoms with Crippen LogP contribution in [0.2, 0.25) is 0 Å². The van der Waals surface area contributed by atoms with Gasteiger partial charge in [-0.1, -0.05) is 6.07 Å². The zero-order valence-electron chi connectivity index (χ0n) is 10.9. The number of rotatable bonds is 5. The van der Waals surface area contributed by atoms with Crippen molar-refractivity contribution >= 4 is 18.0 Å². The summed E-state index contributed by atoms with van der Waals surface area (Å²) in [5.74, 6) is -1.95. The Morgan fingerprint density at radius 1 is 1.33 bits per heavy atom. The molecule has 0 fully saturated rings. The quantitative estimate of drug-likeness (QED) is 0.829. The number of amides is 1. The van der Waals surface area contributed by atoms with Crippen molar-refractivity contribution in [3.8, 4) is 0 Å². The molecule has 0 saturated carbocycles. The van der Waals surface area contributed by atoms with Crippen molar-refractivity contribution in [1.29, 1.82) is 0 Å². The lowest BCUT2D eigenvalue weighted by molar-refractivity contribution is -0.131.